The first-order chi connectivity index (χ1) is 9.81. The van der Waals surface area contributed by atoms with Crippen LogP contribution in [-0.4, -0.2) is 16.5 Å². The van der Waals surface area contributed by atoms with Gasteiger partial charge in [-0.2, -0.15) is 0 Å². The number of hydrogen-bond donors (Lipinski definition) is 2. The molecule has 4 nitrogen and oxygen atoms in total. The smallest absolute Gasteiger partial charge is 0.144 e. The first-order valence-corrected chi connectivity index (χ1v) is 6.85. The quantitative estimate of drug-likeness (QED) is 0.898. The van der Waals surface area contributed by atoms with E-state index in [9.17, 15) is 4.39 Å². The summed E-state index contributed by atoms with van der Waals surface area (Å²) < 4.78 is 13.1. The van der Waals surface area contributed by atoms with Crippen molar-refractivity contribution in [3.8, 4) is 0 Å². The maximum absolute atomic E-state index is 13.1. The van der Waals surface area contributed by atoms with E-state index < -0.39 is 0 Å². The standard InChI is InChI=1S/C15H17FN4/c16-12-4-1-3-11(7-12)8-19-15-10-18-14(9-20-15)13-5-2-6-17-13/h1,3-4,7,9-10,13,17H,2,5-6,8H2,(H,19,20). The van der Waals surface area contributed by atoms with Gasteiger partial charge in [-0.25, -0.2) is 9.37 Å². The third kappa shape index (κ3) is 3.11. The first kappa shape index (κ1) is 13.0. The molecular formula is C15H17FN4. The zero-order chi connectivity index (χ0) is 13.8. The van der Waals surface area contributed by atoms with Crippen molar-refractivity contribution in [2.45, 2.75) is 25.4 Å². The molecule has 1 aliphatic rings. The fourth-order valence-electron chi connectivity index (χ4n) is 2.39. The lowest BCUT2D eigenvalue weighted by Gasteiger charge is -2.10. The van der Waals surface area contributed by atoms with E-state index >= 15 is 0 Å². The van der Waals surface area contributed by atoms with Crippen LogP contribution in [0.25, 0.3) is 0 Å². The number of rotatable bonds is 4. The fourth-order valence-corrected chi connectivity index (χ4v) is 2.39. The Labute approximate surface area is 117 Å². The first-order valence-electron chi connectivity index (χ1n) is 6.85. The lowest BCUT2D eigenvalue weighted by atomic mass is 10.2. The SMILES string of the molecule is Fc1cccc(CNc2cnc(C3CCCN3)cn2)c1. The molecule has 0 spiro atoms. The van der Waals surface area contributed by atoms with Crippen LogP contribution in [0.3, 0.4) is 0 Å². The van der Waals surface area contributed by atoms with Crippen LogP contribution in [0.4, 0.5) is 10.2 Å². The van der Waals surface area contributed by atoms with Crippen LogP contribution in [0.2, 0.25) is 0 Å². The Morgan fingerprint density at radius 2 is 2.25 bits per heavy atom. The van der Waals surface area contributed by atoms with Crippen LogP contribution in [0.15, 0.2) is 36.7 Å². The van der Waals surface area contributed by atoms with E-state index in [-0.39, 0.29) is 5.82 Å². The van der Waals surface area contributed by atoms with Crippen molar-refractivity contribution in [2.75, 3.05) is 11.9 Å². The average molecular weight is 272 g/mol. The molecule has 1 saturated heterocycles. The summed E-state index contributed by atoms with van der Waals surface area (Å²) in [6, 6.07) is 6.86. The minimum Gasteiger partial charge on any atom is -0.365 e. The van der Waals surface area contributed by atoms with E-state index in [0.717, 1.165) is 24.2 Å². The molecule has 104 valence electrons. The largest absolute Gasteiger partial charge is 0.365 e. The molecule has 1 atom stereocenters. The third-order valence-corrected chi connectivity index (χ3v) is 3.45. The molecule has 1 aliphatic heterocycles. The maximum atomic E-state index is 13.1. The Morgan fingerprint density at radius 1 is 1.30 bits per heavy atom. The Morgan fingerprint density at radius 3 is 2.95 bits per heavy atom. The highest BCUT2D eigenvalue weighted by atomic mass is 19.1. The van der Waals surface area contributed by atoms with E-state index in [1.165, 1.54) is 18.6 Å². The molecule has 0 bridgehead atoms. The zero-order valence-corrected chi connectivity index (χ0v) is 11.1. The van der Waals surface area contributed by atoms with Crippen molar-refractivity contribution in [1.29, 1.82) is 0 Å². The predicted molar refractivity (Wildman–Crippen MR) is 75.7 cm³/mol. The second kappa shape index (κ2) is 5.96. The van der Waals surface area contributed by atoms with Crippen molar-refractivity contribution >= 4 is 5.82 Å². The highest BCUT2D eigenvalue weighted by Gasteiger charge is 2.17. The molecule has 0 aliphatic carbocycles. The van der Waals surface area contributed by atoms with Gasteiger partial charge in [-0.15, -0.1) is 0 Å². The molecule has 2 heterocycles. The van der Waals surface area contributed by atoms with Crippen molar-refractivity contribution < 1.29 is 4.39 Å². The van der Waals surface area contributed by atoms with Crippen LogP contribution in [0, 0.1) is 5.82 Å². The van der Waals surface area contributed by atoms with Crippen LogP contribution >= 0.6 is 0 Å². The van der Waals surface area contributed by atoms with Crippen molar-refractivity contribution in [1.82, 2.24) is 15.3 Å². The van der Waals surface area contributed by atoms with Gasteiger partial charge in [0.2, 0.25) is 0 Å². The van der Waals surface area contributed by atoms with E-state index in [1.807, 2.05) is 6.07 Å². The fraction of sp³-hybridized carbons (Fsp3) is 0.333. The number of nitrogens with zero attached hydrogens (tertiary/aromatic N) is 2. The third-order valence-electron chi connectivity index (χ3n) is 3.45. The van der Waals surface area contributed by atoms with Crippen molar-refractivity contribution in [3.63, 3.8) is 0 Å². The molecular weight excluding hydrogens is 255 g/mol. The summed E-state index contributed by atoms with van der Waals surface area (Å²) in [5, 5.41) is 6.54. The number of benzene rings is 1. The van der Waals surface area contributed by atoms with Gasteiger partial charge in [0.05, 0.1) is 24.1 Å². The van der Waals surface area contributed by atoms with Gasteiger partial charge in [-0.3, -0.25) is 4.98 Å². The Hall–Kier alpha value is -2.01. The monoisotopic (exact) mass is 272 g/mol. The summed E-state index contributed by atoms with van der Waals surface area (Å²) in [4.78, 5) is 8.78. The average Bonchev–Trinajstić information content (AvgIpc) is 3.00. The number of hydrogen-bond acceptors (Lipinski definition) is 4. The lowest BCUT2D eigenvalue weighted by molar-refractivity contribution is 0.624. The van der Waals surface area contributed by atoms with E-state index in [2.05, 4.69) is 20.6 Å². The molecule has 1 aromatic heterocycles. The zero-order valence-electron chi connectivity index (χ0n) is 11.1. The van der Waals surface area contributed by atoms with Gasteiger partial charge in [0.15, 0.2) is 0 Å². The molecule has 1 unspecified atom stereocenters. The minimum atomic E-state index is -0.224. The summed E-state index contributed by atoms with van der Waals surface area (Å²) in [6.07, 6.45) is 5.84. The van der Waals surface area contributed by atoms with Gasteiger partial charge in [0.1, 0.15) is 11.6 Å². The summed E-state index contributed by atoms with van der Waals surface area (Å²) in [5.74, 6) is 0.481. The highest BCUT2D eigenvalue weighted by Crippen LogP contribution is 2.20. The molecule has 3 rings (SSSR count). The van der Waals surface area contributed by atoms with Gasteiger partial charge in [0.25, 0.3) is 0 Å². The second-order valence-corrected chi connectivity index (χ2v) is 4.96. The summed E-state index contributed by atoms with van der Waals surface area (Å²) in [7, 11) is 0. The van der Waals surface area contributed by atoms with Crippen LogP contribution in [-0.2, 0) is 6.54 Å². The normalized spacial score (nSPS) is 18.1. The lowest BCUT2D eigenvalue weighted by Crippen LogP contribution is -2.14. The van der Waals surface area contributed by atoms with Gasteiger partial charge in [-0.1, -0.05) is 12.1 Å². The molecule has 0 saturated carbocycles. The van der Waals surface area contributed by atoms with Crippen molar-refractivity contribution in [2.24, 2.45) is 0 Å². The Kier molecular flexibility index (Phi) is 3.87. The molecule has 20 heavy (non-hydrogen) atoms. The van der Waals surface area contributed by atoms with Crippen LogP contribution in [0.1, 0.15) is 30.1 Å². The number of aromatic nitrogens is 2. The van der Waals surface area contributed by atoms with E-state index in [4.69, 9.17) is 0 Å². The topological polar surface area (TPSA) is 49.8 Å². The van der Waals surface area contributed by atoms with Gasteiger partial charge >= 0.3 is 0 Å². The van der Waals surface area contributed by atoms with Gasteiger partial charge < -0.3 is 10.6 Å². The van der Waals surface area contributed by atoms with E-state index in [1.54, 1.807) is 18.5 Å². The van der Waals surface area contributed by atoms with Crippen LogP contribution in [0.5, 0.6) is 0 Å². The molecule has 5 heteroatoms. The summed E-state index contributed by atoms with van der Waals surface area (Å²) in [6.45, 7) is 1.58. The number of nitrogens with one attached hydrogen (secondary N) is 2. The number of halogens is 1. The molecule has 1 fully saturated rings. The Bertz CT molecular complexity index is 564. The molecule has 0 amide bonds. The van der Waals surface area contributed by atoms with Crippen molar-refractivity contribution in [3.05, 3.63) is 53.7 Å². The number of anilines is 1. The summed E-state index contributed by atoms with van der Waals surface area (Å²) in [5.41, 5.74) is 1.87. The van der Waals surface area contributed by atoms with Crippen LogP contribution < -0.4 is 10.6 Å². The Balaban J connectivity index is 1.60. The molecule has 1 aromatic carbocycles. The molecule has 2 N–H and O–H groups in total. The molecule has 2 aromatic rings. The maximum Gasteiger partial charge on any atom is 0.144 e. The minimum absolute atomic E-state index is 0.224. The highest BCUT2D eigenvalue weighted by molar-refractivity contribution is 5.33. The molecule has 0 radical (unpaired) electrons. The van der Waals surface area contributed by atoms with Gasteiger partial charge in [0, 0.05) is 6.54 Å². The summed E-state index contributed by atoms with van der Waals surface area (Å²) >= 11 is 0. The predicted octanol–water partition coefficient (Wildman–Crippen LogP) is 2.65. The second-order valence-electron chi connectivity index (χ2n) is 4.96. The van der Waals surface area contributed by atoms with E-state index in [0.29, 0.717) is 18.4 Å². The van der Waals surface area contributed by atoms with Gasteiger partial charge in [-0.05, 0) is 37.1 Å².